The van der Waals surface area contributed by atoms with E-state index in [0.29, 0.717) is 47.0 Å². The predicted octanol–water partition coefficient (Wildman–Crippen LogP) is 10.7. The second kappa shape index (κ2) is 16.8. The average molecular weight is 667 g/mol. The van der Waals surface area contributed by atoms with Gasteiger partial charge in [-0.15, -0.1) is 0 Å². The largest absolute Gasteiger partial charge is 0.509 e. The molecule has 2 aliphatic carbocycles. The minimum Gasteiger partial charge on any atom is -0.496 e. The zero-order valence-electron chi connectivity index (χ0n) is 30.7. The van der Waals surface area contributed by atoms with Crippen LogP contribution in [0.5, 0.6) is 11.5 Å². The first kappa shape index (κ1) is 37.4. The van der Waals surface area contributed by atoms with E-state index in [-0.39, 0.29) is 12.2 Å². The van der Waals surface area contributed by atoms with E-state index in [4.69, 9.17) is 28.4 Å². The second-order valence-electron chi connectivity index (χ2n) is 14.9. The van der Waals surface area contributed by atoms with E-state index in [1.54, 1.807) is 14.2 Å². The molecule has 2 aromatic rings. The number of rotatable bonds is 11. The van der Waals surface area contributed by atoms with Crippen LogP contribution in [0.1, 0.15) is 117 Å². The predicted molar refractivity (Wildman–Crippen MR) is 187 cm³/mol. The van der Waals surface area contributed by atoms with Crippen molar-refractivity contribution in [3.05, 3.63) is 47.5 Å². The molecule has 0 radical (unpaired) electrons. The summed E-state index contributed by atoms with van der Waals surface area (Å²) in [7, 11) is 3.22. The quantitative estimate of drug-likeness (QED) is 0.219. The van der Waals surface area contributed by atoms with Crippen molar-refractivity contribution in [1.82, 2.24) is 0 Å². The van der Waals surface area contributed by atoms with Crippen molar-refractivity contribution in [3.63, 3.8) is 0 Å². The molecule has 8 nitrogen and oxygen atoms in total. The van der Waals surface area contributed by atoms with Crippen LogP contribution in [0.25, 0.3) is 11.1 Å². The lowest BCUT2D eigenvalue weighted by molar-refractivity contribution is -0.0442. The molecule has 0 heterocycles. The molecule has 0 bridgehead atoms. The van der Waals surface area contributed by atoms with Gasteiger partial charge >= 0.3 is 12.3 Å². The van der Waals surface area contributed by atoms with Crippen LogP contribution in [-0.2, 0) is 18.9 Å². The van der Waals surface area contributed by atoms with Crippen LogP contribution in [0, 0.1) is 35.5 Å². The molecule has 266 valence electrons. The van der Waals surface area contributed by atoms with Crippen LogP contribution >= 0.6 is 0 Å². The van der Waals surface area contributed by atoms with E-state index in [1.807, 2.05) is 50.2 Å². The first-order valence-corrected chi connectivity index (χ1v) is 17.9. The van der Waals surface area contributed by atoms with E-state index >= 15 is 0 Å². The summed E-state index contributed by atoms with van der Waals surface area (Å²) in [6, 6.07) is 11.4. The Morgan fingerprint density at radius 1 is 0.604 bits per heavy atom. The van der Waals surface area contributed by atoms with E-state index in [2.05, 4.69) is 41.5 Å². The summed E-state index contributed by atoms with van der Waals surface area (Å²) < 4.78 is 35.0. The van der Waals surface area contributed by atoms with Gasteiger partial charge in [0.05, 0.1) is 14.2 Å². The molecule has 8 atom stereocenters. The van der Waals surface area contributed by atoms with Gasteiger partial charge in [-0.2, -0.15) is 0 Å². The Hall–Kier alpha value is -3.42. The van der Waals surface area contributed by atoms with Crippen molar-refractivity contribution in [2.24, 2.45) is 35.5 Å². The molecular weight excluding hydrogens is 608 g/mol. The Balaban J connectivity index is 1.50. The molecule has 0 N–H and O–H groups in total. The topological polar surface area (TPSA) is 89.5 Å². The lowest BCUT2D eigenvalue weighted by Crippen LogP contribution is -2.36. The van der Waals surface area contributed by atoms with Gasteiger partial charge in [0.1, 0.15) is 35.9 Å². The molecule has 2 fully saturated rings. The van der Waals surface area contributed by atoms with Crippen molar-refractivity contribution in [2.75, 3.05) is 14.2 Å². The van der Waals surface area contributed by atoms with E-state index < -0.39 is 24.5 Å². The van der Waals surface area contributed by atoms with Crippen LogP contribution in [0.3, 0.4) is 0 Å². The van der Waals surface area contributed by atoms with Crippen molar-refractivity contribution in [1.29, 1.82) is 0 Å². The van der Waals surface area contributed by atoms with Crippen LogP contribution < -0.4 is 9.47 Å². The summed E-state index contributed by atoms with van der Waals surface area (Å²) >= 11 is 0. The third-order valence-electron chi connectivity index (χ3n) is 10.6. The molecule has 0 spiro atoms. The van der Waals surface area contributed by atoms with Gasteiger partial charge in [0.2, 0.25) is 0 Å². The number of carbonyl (C=O) groups is 2. The van der Waals surface area contributed by atoms with Crippen molar-refractivity contribution >= 4 is 12.3 Å². The molecule has 2 aliphatic rings. The maximum atomic E-state index is 13.0. The summed E-state index contributed by atoms with van der Waals surface area (Å²) in [5.74, 6) is 3.80. The van der Waals surface area contributed by atoms with E-state index in [9.17, 15) is 9.59 Å². The zero-order valence-corrected chi connectivity index (χ0v) is 30.7. The lowest BCUT2D eigenvalue weighted by Gasteiger charge is -2.36. The molecule has 0 saturated heterocycles. The van der Waals surface area contributed by atoms with Crippen LogP contribution in [0.2, 0.25) is 0 Å². The zero-order chi connectivity index (χ0) is 35.1. The lowest BCUT2D eigenvalue weighted by atomic mass is 9.75. The van der Waals surface area contributed by atoms with E-state index in [1.165, 1.54) is 0 Å². The van der Waals surface area contributed by atoms with Crippen molar-refractivity contribution < 1.29 is 38.0 Å². The maximum absolute atomic E-state index is 13.0. The molecule has 2 saturated carbocycles. The van der Waals surface area contributed by atoms with Crippen molar-refractivity contribution in [2.45, 2.75) is 118 Å². The van der Waals surface area contributed by atoms with Gasteiger partial charge in [-0.05, 0) is 110 Å². The molecule has 8 heteroatoms. The number of hydrogen-bond acceptors (Lipinski definition) is 8. The van der Waals surface area contributed by atoms with Crippen LogP contribution in [-0.4, -0.2) is 38.7 Å². The molecule has 0 aromatic heterocycles. The summed E-state index contributed by atoms with van der Waals surface area (Å²) in [4.78, 5) is 26.0. The second-order valence-corrected chi connectivity index (χ2v) is 14.9. The van der Waals surface area contributed by atoms with Crippen LogP contribution in [0.15, 0.2) is 36.4 Å². The molecule has 0 aliphatic heterocycles. The molecular formula is C40H58O8. The molecule has 4 rings (SSSR count). The van der Waals surface area contributed by atoms with E-state index in [0.717, 1.165) is 60.8 Å². The first-order chi connectivity index (χ1) is 22.8. The van der Waals surface area contributed by atoms with Gasteiger partial charge in [-0.3, -0.25) is 0 Å². The summed E-state index contributed by atoms with van der Waals surface area (Å²) in [6.07, 6.45) is 3.41. The fraction of sp³-hybridized carbons (Fsp3) is 0.650. The number of methoxy groups -OCH3 is 2. The summed E-state index contributed by atoms with van der Waals surface area (Å²) in [6.45, 7) is 16.8. The maximum Gasteiger partial charge on any atom is 0.509 e. The number of benzene rings is 2. The van der Waals surface area contributed by atoms with Crippen molar-refractivity contribution in [3.8, 4) is 22.6 Å². The monoisotopic (exact) mass is 666 g/mol. The number of ether oxygens (including phenoxy) is 6. The standard InChI is InChI=1S/C40H58O8/c1-23(2)31-15-11-25(5)19-37(31)47-39(41)45-27(7)29-13-17-35(43-9)33(21-29)34-22-30(14-18-36(34)44-10)28(8)46-40(42)48-38-20-26(6)12-16-32(38)24(3)4/h13-14,17-18,21-28,31-32,37-38H,11-12,15-16,19-20H2,1-10H3/t25-,26-,27-,28+,31+,32+,37-,38-/m1/s1. The Kier molecular flexibility index (Phi) is 13.1. The highest BCUT2D eigenvalue weighted by molar-refractivity contribution is 5.77. The Labute approximate surface area is 288 Å². The molecule has 2 aromatic carbocycles. The van der Waals surface area contributed by atoms with Gasteiger partial charge < -0.3 is 28.4 Å². The highest BCUT2D eigenvalue weighted by atomic mass is 16.7. The van der Waals surface area contributed by atoms with Gasteiger partial charge in [0, 0.05) is 11.1 Å². The molecule has 0 amide bonds. The van der Waals surface area contributed by atoms with Crippen LogP contribution in [0.4, 0.5) is 9.59 Å². The van der Waals surface area contributed by atoms with Gasteiger partial charge in [-0.25, -0.2) is 9.59 Å². The fourth-order valence-corrected chi connectivity index (χ4v) is 7.61. The number of carbonyl (C=O) groups excluding carboxylic acids is 2. The van der Waals surface area contributed by atoms with Gasteiger partial charge in [0.25, 0.3) is 0 Å². The van der Waals surface area contributed by atoms with Gasteiger partial charge in [-0.1, -0.05) is 66.5 Å². The molecule has 0 unspecified atom stereocenters. The highest BCUT2D eigenvalue weighted by Gasteiger charge is 2.35. The Bertz CT molecular complexity index is 1270. The third-order valence-corrected chi connectivity index (χ3v) is 10.6. The fourth-order valence-electron chi connectivity index (χ4n) is 7.61. The minimum absolute atomic E-state index is 0.142. The third kappa shape index (κ3) is 9.38. The van der Waals surface area contributed by atoms with Gasteiger partial charge in [0.15, 0.2) is 0 Å². The smallest absolute Gasteiger partial charge is 0.496 e. The molecule has 48 heavy (non-hydrogen) atoms. The Morgan fingerprint density at radius 2 is 0.979 bits per heavy atom. The Morgan fingerprint density at radius 3 is 1.31 bits per heavy atom. The SMILES string of the molecule is COc1ccc([C@H](C)OC(=O)O[C@@H]2C[C@H](C)CC[C@H]2C(C)C)cc1-c1cc([C@@H](C)OC(=O)O[C@@H]2C[C@H](C)CC[C@H]2C(C)C)ccc1OC. The summed E-state index contributed by atoms with van der Waals surface area (Å²) in [5, 5.41) is 0. The highest BCUT2D eigenvalue weighted by Crippen LogP contribution is 2.41. The normalized spacial score (nSPS) is 25.6. The minimum atomic E-state index is -0.649. The first-order valence-electron chi connectivity index (χ1n) is 17.9. The summed E-state index contributed by atoms with van der Waals surface area (Å²) in [5.41, 5.74) is 3.07. The number of hydrogen-bond donors (Lipinski definition) is 0. The average Bonchev–Trinajstić information content (AvgIpc) is 3.03.